The van der Waals surface area contributed by atoms with Crippen LogP contribution in [-0.2, 0) is 86.4 Å². The van der Waals surface area contributed by atoms with Crippen molar-refractivity contribution >= 4 is 133 Å². The van der Waals surface area contributed by atoms with E-state index < -0.39 is 63.3 Å². The van der Waals surface area contributed by atoms with Crippen LogP contribution in [0.3, 0.4) is 0 Å². The molecule has 37 heteroatoms. The van der Waals surface area contributed by atoms with Crippen molar-refractivity contribution in [3.63, 3.8) is 0 Å². The number of hydrogen-bond acceptors (Lipinski definition) is 32. The summed E-state index contributed by atoms with van der Waals surface area (Å²) in [6.07, 6.45) is 1.39. The predicted molar refractivity (Wildman–Crippen MR) is 419 cm³/mol. The summed E-state index contributed by atoms with van der Waals surface area (Å²) in [4.78, 5) is 128. The van der Waals surface area contributed by atoms with Crippen molar-refractivity contribution in [2.45, 2.75) is 27.7 Å². The summed E-state index contributed by atoms with van der Waals surface area (Å²) in [6.45, 7) is 4.80. The van der Waals surface area contributed by atoms with Gasteiger partial charge in [0.05, 0.1) is 101 Å². The highest BCUT2D eigenvalue weighted by molar-refractivity contribution is 7.85. The van der Waals surface area contributed by atoms with E-state index in [1.807, 2.05) is 13.8 Å². The maximum atomic E-state index is 12.6. The topological polar surface area (TPSA) is 423 Å². The van der Waals surface area contributed by atoms with Gasteiger partial charge in [-0.2, -0.15) is 8.42 Å². The van der Waals surface area contributed by atoms with Gasteiger partial charge in [-0.05, 0) is 128 Å². The number of aryl methyl sites for hydroxylation is 4. The number of aromatic hydroxyl groups is 3. The number of ether oxygens (including phenoxy) is 12. The molecule has 0 unspecified atom stereocenters. The molecule has 1 aliphatic carbocycles. The summed E-state index contributed by atoms with van der Waals surface area (Å²) in [5.74, 6) is -3.81. The zero-order chi connectivity index (χ0) is 84.8. The van der Waals surface area contributed by atoms with Crippen molar-refractivity contribution in [2.24, 2.45) is 0 Å². The Hall–Kier alpha value is -12.0. The van der Waals surface area contributed by atoms with Crippen molar-refractivity contribution in [1.82, 2.24) is 0 Å². The number of aldehydes is 1. The van der Waals surface area contributed by atoms with Gasteiger partial charge in [0.25, 0.3) is 10.1 Å². The largest absolute Gasteiger partial charge is 0.508 e. The minimum atomic E-state index is -3.67. The number of anilines is 4. The van der Waals surface area contributed by atoms with Crippen molar-refractivity contribution in [3.05, 3.63) is 156 Å². The molecule has 0 fully saturated rings. The van der Waals surface area contributed by atoms with E-state index in [4.69, 9.17) is 111 Å². The maximum Gasteiger partial charge on any atom is 0.325 e. The number of rotatable bonds is 32. The Morgan fingerprint density at radius 1 is 0.421 bits per heavy atom. The number of carbonyl (C=O) groups is 9. The van der Waals surface area contributed by atoms with Crippen LogP contribution >= 0.6 is 34.8 Å². The molecule has 1 aliphatic heterocycles. The van der Waals surface area contributed by atoms with E-state index in [1.165, 1.54) is 125 Å². The highest BCUT2D eigenvalue weighted by Crippen LogP contribution is 2.47. The van der Waals surface area contributed by atoms with Gasteiger partial charge in [-0.3, -0.25) is 52.5 Å². The molecular weight excluding hydrogens is 1580 g/mol. The molecule has 2 aliphatic rings. The van der Waals surface area contributed by atoms with E-state index in [0.717, 1.165) is 11.1 Å². The normalized spacial score (nSPS) is 10.6. The Bertz CT molecular complexity index is 4840. The van der Waals surface area contributed by atoms with Crippen LogP contribution in [0.25, 0.3) is 33.4 Å². The van der Waals surface area contributed by atoms with Gasteiger partial charge in [0.2, 0.25) is 5.43 Å². The van der Waals surface area contributed by atoms with Gasteiger partial charge in [-0.1, -0.05) is 46.9 Å². The first-order chi connectivity index (χ1) is 53.9. The molecule has 0 saturated carbocycles. The van der Waals surface area contributed by atoms with Gasteiger partial charge in [-0.15, -0.1) is 0 Å². The summed E-state index contributed by atoms with van der Waals surface area (Å²) >= 11 is 18.2. The van der Waals surface area contributed by atoms with Gasteiger partial charge < -0.3 is 96.2 Å². The van der Waals surface area contributed by atoms with Gasteiger partial charge in [0.1, 0.15) is 137 Å². The molecule has 33 nitrogen and oxygen atoms in total. The monoisotopic (exact) mass is 1670 g/mol. The summed E-state index contributed by atoms with van der Waals surface area (Å²) in [5, 5.41) is 28.7. The Morgan fingerprint density at radius 3 is 1.13 bits per heavy atom. The van der Waals surface area contributed by atoms with E-state index in [2.05, 4.69) is 0 Å². The molecule has 0 saturated heterocycles. The molecule has 0 radical (unpaired) electrons. The Balaban J connectivity index is 0.000000359. The molecule has 0 amide bonds. The number of hydrogen-bond donors (Lipinski definition) is 4. The zero-order valence-electron chi connectivity index (χ0n) is 64.2. The standard InChI is InChI=1S/C41H40Cl2N2O13.C29H36N2O11.C6H5ClO2.CH4O3S/c1-22-7-8-29(44(18-37(48)52-3)19-38(49)53-4)35(11-22)56-9-10-57-36-15-24(23(2)12-30(36)45(20-39(50)54-5)21-40(51)55-6)41-25-13-27(42)31(46)16-33(25)58-34-17-32(47)28(43)14-26(34)41;1-19-7-8-22(30(14-26(33)37-3)15-27(34)38-4)24(11-19)41-9-10-42-25-13-21(18-32)20(2)12-23(25)31(16-28(35)39-5)17-29(36)40-6;7-5-2-1-4(8)3-6(5)9;1-5(2,3)4/h7-8,11-17,46H,9-10,18-21H2,1-6H3;7-8,11-13,18H,9-10,14-17H2,1-6H3;1-3,8-9H;1H3,(H,2,3,4). The fraction of sp³-hybridized carbons (Fsp3) is 0.325. The number of phenols is 3. The third-order valence-corrected chi connectivity index (χ3v) is 16.9. The molecule has 1 heterocycles. The van der Waals surface area contributed by atoms with Crippen LogP contribution in [0.1, 0.15) is 32.6 Å². The maximum absolute atomic E-state index is 12.6. The molecule has 4 N–H and O–H groups in total. The number of carbonyl (C=O) groups excluding carboxylic acids is 9. The SMILES string of the molecule is COC(=O)CN(CC(=O)OC)c1ccc(C)cc1OCCOc1cc(-c2c3cc(Cl)c(=O)cc-3oc3cc(O)c(Cl)cc23)c(C)cc1N(CC(=O)OC)CC(=O)OC.COC(=O)CN(CC(=O)OC)c1ccc(C)cc1OCCOc1cc(C=O)c(C)cc1N(CC(=O)OC)CC(=O)OC.CS(=O)(=O)O.Oc1ccc(Cl)c(O)c1. The first kappa shape index (κ1) is 92.6. The lowest BCUT2D eigenvalue weighted by molar-refractivity contribution is -0.141. The molecule has 114 heavy (non-hydrogen) atoms. The summed E-state index contributed by atoms with van der Waals surface area (Å²) in [5.41, 5.74) is 6.10. The fourth-order valence-corrected chi connectivity index (χ4v) is 10.9. The highest BCUT2D eigenvalue weighted by atomic mass is 35.5. The van der Waals surface area contributed by atoms with Crippen LogP contribution in [-0.4, -0.2) is 224 Å². The number of esters is 8. The van der Waals surface area contributed by atoms with Crippen LogP contribution in [0, 0.1) is 27.7 Å². The highest BCUT2D eigenvalue weighted by Gasteiger charge is 2.29. The van der Waals surface area contributed by atoms with Crippen molar-refractivity contribution in [3.8, 4) is 62.7 Å². The lowest BCUT2D eigenvalue weighted by Gasteiger charge is -2.27. The second-order valence-corrected chi connectivity index (χ2v) is 26.9. The molecule has 614 valence electrons. The van der Waals surface area contributed by atoms with E-state index in [9.17, 15) is 61.5 Å². The zero-order valence-corrected chi connectivity index (χ0v) is 67.3. The van der Waals surface area contributed by atoms with Gasteiger partial charge >= 0.3 is 47.8 Å². The molecule has 0 aromatic heterocycles. The molecule has 6 aromatic rings. The van der Waals surface area contributed by atoms with Crippen LogP contribution in [0.5, 0.6) is 40.2 Å². The van der Waals surface area contributed by atoms with Crippen LogP contribution < -0.4 is 44.0 Å². The Morgan fingerprint density at radius 2 is 0.772 bits per heavy atom. The second-order valence-electron chi connectivity index (χ2n) is 24.2. The number of phenolic OH excluding ortho intramolecular Hbond substituents is 3. The number of fused-ring (bicyclic) bond motifs is 2. The lowest BCUT2D eigenvalue weighted by atomic mass is 9.90. The van der Waals surface area contributed by atoms with Crippen LogP contribution in [0.4, 0.5) is 22.7 Å². The van der Waals surface area contributed by atoms with Crippen LogP contribution in [0.15, 0.2) is 112 Å². The van der Waals surface area contributed by atoms with Gasteiger partial charge in [-0.25, -0.2) is 0 Å². The summed E-state index contributed by atoms with van der Waals surface area (Å²) in [7, 11) is 6.19. The average Bonchev–Trinajstić information content (AvgIpc) is 0.738. The Labute approximate surface area is 670 Å². The summed E-state index contributed by atoms with van der Waals surface area (Å²) in [6, 6.07) is 26.6. The third-order valence-electron chi connectivity index (χ3n) is 16.0. The third kappa shape index (κ3) is 28.0. The predicted octanol–water partition coefficient (Wildman–Crippen LogP) is 9.09. The number of methoxy groups -OCH3 is 8. The molecule has 0 bridgehead atoms. The lowest BCUT2D eigenvalue weighted by Crippen LogP contribution is -2.36. The van der Waals surface area contributed by atoms with E-state index in [0.29, 0.717) is 85.6 Å². The minimum Gasteiger partial charge on any atom is -0.508 e. The molecule has 8 rings (SSSR count). The van der Waals surface area contributed by atoms with Crippen molar-refractivity contribution < 1.29 is 133 Å². The second kappa shape index (κ2) is 44.3. The molecule has 6 aromatic carbocycles. The van der Waals surface area contributed by atoms with E-state index >= 15 is 0 Å². The number of nitrogens with zero attached hydrogens (tertiary/aromatic N) is 4. The molecule has 0 spiro atoms. The first-order valence-corrected chi connectivity index (χ1v) is 36.6. The fourth-order valence-electron chi connectivity index (χ4n) is 10.4. The van der Waals surface area contributed by atoms with Crippen molar-refractivity contribution in [2.75, 3.05) is 162 Å². The van der Waals surface area contributed by atoms with Gasteiger partial charge in [0, 0.05) is 40.3 Å². The number of benzene rings is 7. The quantitative estimate of drug-likeness (QED) is 0.00762. The first-order valence-electron chi connectivity index (χ1n) is 33.6. The van der Waals surface area contributed by atoms with Crippen LogP contribution in [0.2, 0.25) is 15.1 Å². The minimum absolute atomic E-state index is 0.0110. The average molecular weight is 1670 g/mol. The number of halogens is 3. The van der Waals surface area contributed by atoms with E-state index in [-0.39, 0.29) is 134 Å². The summed E-state index contributed by atoms with van der Waals surface area (Å²) < 4.78 is 95.1. The molecular formula is C77H85Cl3N4O29S. The Kier molecular flexibility index (Phi) is 36.0. The van der Waals surface area contributed by atoms with E-state index in [1.54, 1.807) is 68.4 Å². The van der Waals surface area contributed by atoms with Gasteiger partial charge in [0.15, 0.2) is 0 Å². The van der Waals surface area contributed by atoms with Crippen molar-refractivity contribution in [1.29, 1.82) is 0 Å². The smallest absolute Gasteiger partial charge is 0.325 e. The molecule has 0 atom stereocenters.